The van der Waals surface area contributed by atoms with E-state index in [0.717, 1.165) is 13.0 Å². The Morgan fingerprint density at radius 1 is 1.27 bits per heavy atom. The number of rotatable bonds is 7. The Balaban J connectivity index is 1.97. The minimum absolute atomic E-state index is 0.225. The summed E-state index contributed by atoms with van der Waals surface area (Å²) in [6.07, 6.45) is 2.52. The molecular formula is C17H20N4O. The van der Waals surface area contributed by atoms with Gasteiger partial charge >= 0.3 is 0 Å². The second kappa shape index (κ2) is 7.93. The molecule has 1 heterocycles. The number of anilines is 1. The van der Waals surface area contributed by atoms with Crippen LogP contribution in [0, 0.1) is 6.92 Å². The molecule has 0 unspecified atom stereocenters. The van der Waals surface area contributed by atoms with Crippen LogP contribution < -0.4 is 10.6 Å². The predicted octanol–water partition coefficient (Wildman–Crippen LogP) is 2.36. The van der Waals surface area contributed by atoms with Gasteiger partial charge in [0.15, 0.2) is 0 Å². The molecule has 0 fully saturated rings. The van der Waals surface area contributed by atoms with Crippen molar-refractivity contribution in [3.05, 3.63) is 66.1 Å². The van der Waals surface area contributed by atoms with Crippen molar-refractivity contribution < 1.29 is 4.79 Å². The van der Waals surface area contributed by atoms with E-state index in [-0.39, 0.29) is 5.91 Å². The highest BCUT2D eigenvalue weighted by Gasteiger charge is 2.09. The first-order chi connectivity index (χ1) is 10.7. The highest BCUT2D eigenvalue weighted by molar-refractivity contribution is 5.93. The molecule has 0 radical (unpaired) electrons. The molecule has 22 heavy (non-hydrogen) atoms. The molecule has 0 atom stereocenters. The fourth-order valence-corrected chi connectivity index (χ4v) is 2.01. The average Bonchev–Trinajstić information content (AvgIpc) is 2.53. The van der Waals surface area contributed by atoms with Crippen LogP contribution >= 0.6 is 0 Å². The van der Waals surface area contributed by atoms with Crippen LogP contribution in [0.4, 0.5) is 5.82 Å². The maximum absolute atomic E-state index is 11.9. The summed E-state index contributed by atoms with van der Waals surface area (Å²) >= 11 is 0. The first kappa shape index (κ1) is 15.7. The molecule has 1 aromatic carbocycles. The normalized spacial score (nSPS) is 10.0. The molecule has 0 aliphatic rings. The molecule has 0 aliphatic carbocycles. The molecular weight excluding hydrogens is 276 g/mol. The van der Waals surface area contributed by atoms with Crippen molar-refractivity contribution in [2.24, 2.45) is 0 Å². The van der Waals surface area contributed by atoms with Crippen molar-refractivity contribution >= 4 is 11.7 Å². The van der Waals surface area contributed by atoms with Crippen LogP contribution in [0.15, 0.2) is 49.1 Å². The fourth-order valence-electron chi connectivity index (χ4n) is 2.01. The average molecular weight is 296 g/mol. The maximum Gasteiger partial charge on any atom is 0.270 e. The maximum atomic E-state index is 11.9. The van der Waals surface area contributed by atoms with E-state index in [1.165, 1.54) is 5.56 Å². The molecule has 5 nitrogen and oxygen atoms in total. The number of amides is 1. The monoisotopic (exact) mass is 296 g/mol. The smallest absolute Gasteiger partial charge is 0.270 e. The Morgan fingerprint density at radius 3 is 2.77 bits per heavy atom. The van der Waals surface area contributed by atoms with Crippen molar-refractivity contribution in [2.75, 3.05) is 18.4 Å². The standard InChI is InChI=1S/C17H20N4O/c1-3-10-19-17(22)15-12-16(21-13(2)20-15)18-11-9-14-7-5-4-6-8-14/h3-8,12H,1,9-11H2,2H3,(H,19,22)(H,18,20,21). The Morgan fingerprint density at radius 2 is 2.05 bits per heavy atom. The van der Waals surface area contributed by atoms with Crippen LogP contribution in [0.3, 0.4) is 0 Å². The van der Waals surface area contributed by atoms with Gasteiger partial charge in [-0.05, 0) is 18.9 Å². The number of nitrogens with one attached hydrogen (secondary N) is 2. The van der Waals surface area contributed by atoms with Gasteiger partial charge in [-0.1, -0.05) is 36.4 Å². The SMILES string of the molecule is C=CCNC(=O)c1cc(NCCc2ccccc2)nc(C)n1. The van der Waals surface area contributed by atoms with Crippen molar-refractivity contribution in [2.45, 2.75) is 13.3 Å². The van der Waals surface area contributed by atoms with Gasteiger partial charge in [-0.2, -0.15) is 0 Å². The van der Waals surface area contributed by atoms with Gasteiger partial charge in [0.2, 0.25) is 0 Å². The highest BCUT2D eigenvalue weighted by Crippen LogP contribution is 2.07. The third-order valence-corrected chi connectivity index (χ3v) is 3.04. The Kier molecular flexibility index (Phi) is 5.65. The second-order valence-corrected chi connectivity index (χ2v) is 4.85. The van der Waals surface area contributed by atoms with E-state index in [0.29, 0.717) is 23.9 Å². The van der Waals surface area contributed by atoms with Crippen LogP contribution in [-0.2, 0) is 6.42 Å². The lowest BCUT2D eigenvalue weighted by Crippen LogP contribution is -2.25. The zero-order chi connectivity index (χ0) is 15.8. The van der Waals surface area contributed by atoms with Gasteiger partial charge in [0, 0.05) is 19.2 Å². The zero-order valence-corrected chi connectivity index (χ0v) is 12.7. The molecule has 2 aromatic rings. The van der Waals surface area contributed by atoms with Gasteiger partial charge in [0.25, 0.3) is 5.91 Å². The number of aromatic nitrogens is 2. The minimum atomic E-state index is -0.225. The first-order valence-corrected chi connectivity index (χ1v) is 7.21. The van der Waals surface area contributed by atoms with Gasteiger partial charge < -0.3 is 10.6 Å². The van der Waals surface area contributed by atoms with Crippen LogP contribution in [-0.4, -0.2) is 29.0 Å². The van der Waals surface area contributed by atoms with Gasteiger partial charge in [-0.25, -0.2) is 9.97 Å². The van der Waals surface area contributed by atoms with Crippen molar-refractivity contribution in [1.29, 1.82) is 0 Å². The van der Waals surface area contributed by atoms with Gasteiger partial charge in [0.05, 0.1) is 0 Å². The van der Waals surface area contributed by atoms with E-state index < -0.39 is 0 Å². The van der Waals surface area contributed by atoms with Crippen LogP contribution in [0.1, 0.15) is 21.9 Å². The summed E-state index contributed by atoms with van der Waals surface area (Å²) < 4.78 is 0. The fraction of sp³-hybridized carbons (Fsp3) is 0.235. The van der Waals surface area contributed by atoms with Crippen molar-refractivity contribution in [1.82, 2.24) is 15.3 Å². The molecule has 2 N–H and O–H groups in total. The zero-order valence-electron chi connectivity index (χ0n) is 12.7. The van der Waals surface area contributed by atoms with Crippen LogP contribution in [0.2, 0.25) is 0 Å². The largest absolute Gasteiger partial charge is 0.370 e. The van der Waals surface area contributed by atoms with Crippen molar-refractivity contribution in [3.8, 4) is 0 Å². The second-order valence-electron chi connectivity index (χ2n) is 4.85. The molecule has 5 heteroatoms. The highest BCUT2D eigenvalue weighted by atomic mass is 16.1. The lowest BCUT2D eigenvalue weighted by Gasteiger charge is -2.08. The number of carbonyl (C=O) groups excluding carboxylic acids is 1. The van der Waals surface area contributed by atoms with Gasteiger partial charge in [0.1, 0.15) is 17.3 Å². The number of hydrogen-bond acceptors (Lipinski definition) is 4. The lowest BCUT2D eigenvalue weighted by molar-refractivity contribution is 0.0952. The molecule has 2 rings (SSSR count). The number of benzene rings is 1. The summed E-state index contributed by atoms with van der Waals surface area (Å²) in [5.41, 5.74) is 1.61. The molecule has 0 saturated heterocycles. The molecule has 0 aliphatic heterocycles. The number of nitrogens with zero attached hydrogens (tertiary/aromatic N) is 2. The lowest BCUT2D eigenvalue weighted by atomic mass is 10.1. The van der Waals surface area contributed by atoms with E-state index in [4.69, 9.17) is 0 Å². The van der Waals surface area contributed by atoms with Crippen LogP contribution in [0.25, 0.3) is 0 Å². The summed E-state index contributed by atoms with van der Waals surface area (Å²) in [4.78, 5) is 20.4. The summed E-state index contributed by atoms with van der Waals surface area (Å²) in [7, 11) is 0. The van der Waals surface area contributed by atoms with E-state index in [1.54, 1.807) is 19.1 Å². The van der Waals surface area contributed by atoms with Crippen LogP contribution in [0.5, 0.6) is 0 Å². The van der Waals surface area contributed by atoms with E-state index in [9.17, 15) is 4.79 Å². The topological polar surface area (TPSA) is 66.9 Å². The Bertz CT molecular complexity index is 640. The van der Waals surface area contributed by atoms with Crippen molar-refractivity contribution in [3.63, 3.8) is 0 Å². The van der Waals surface area contributed by atoms with E-state index in [1.807, 2.05) is 18.2 Å². The predicted molar refractivity (Wildman–Crippen MR) is 87.9 cm³/mol. The molecule has 1 aromatic heterocycles. The summed E-state index contributed by atoms with van der Waals surface area (Å²) in [6.45, 7) is 6.50. The molecule has 0 spiro atoms. The molecule has 0 saturated carbocycles. The number of hydrogen-bond donors (Lipinski definition) is 2. The van der Waals surface area contributed by atoms with E-state index in [2.05, 4.69) is 39.3 Å². The summed E-state index contributed by atoms with van der Waals surface area (Å²) in [6, 6.07) is 11.9. The number of aryl methyl sites for hydroxylation is 1. The molecule has 114 valence electrons. The summed E-state index contributed by atoms with van der Waals surface area (Å²) in [5, 5.41) is 5.94. The van der Waals surface area contributed by atoms with Gasteiger partial charge in [-0.15, -0.1) is 6.58 Å². The molecule has 1 amide bonds. The molecule has 0 bridgehead atoms. The Hall–Kier alpha value is -2.69. The summed E-state index contributed by atoms with van der Waals surface area (Å²) in [5.74, 6) is 0.997. The van der Waals surface area contributed by atoms with Gasteiger partial charge in [-0.3, -0.25) is 4.79 Å². The quantitative estimate of drug-likeness (QED) is 0.770. The van der Waals surface area contributed by atoms with E-state index >= 15 is 0 Å². The first-order valence-electron chi connectivity index (χ1n) is 7.21. The third kappa shape index (κ3) is 4.70. The Labute approximate surface area is 130 Å². The minimum Gasteiger partial charge on any atom is -0.370 e. The third-order valence-electron chi connectivity index (χ3n) is 3.04. The number of carbonyl (C=O) groups is 1.